The van der Waals surface area contributed by atoms with E-state index in [0.29, 0.717) is 22.6 Å². The van der Waals surface area contributed by atoms with Gasteiger partial charge in [-0.1, -0.05) is 0 Å². The molecular formula is C17H14FNO7. The quantitative estimate of drug-likeness (QED) is 0.442. The second kappa shape index (κ2) is 7.79. The summed E-state index contributed by atoms with van der Waals surface area (Å²) in [4.78, 5) is 22.3. The molecular weight excluding hydrogens is 349 g/mol. The summed E-state index contributed by atoms with van der Waals surface area (Å²) in [5.41, 5.74) is 0.734. The van der Waals surface area contributed by atoms with Gasteiger partial charge in [0.2, 0.25) is 0 Å². The highest BCUT2D eigenvalue weighted by molar-refractivity contribution is 5.71. The second-order valence-corrected chi connectivity index (χ2v) is 5.36. The van der Waals surface area contributed by atoms with Crippen LogP contribution in [0.3, 0.4) is 0 Å². The first-order chi connectivity index (χ1) is 12.5. The largest absolute Gasteiger partial charge is 0.482 e. The first-order valence-corrected chi connectivity index (χ1v) is 7.57. The fraction of sp³-hybridized carbons (Fsp3) is 0.235. The van der Waals surface area contributed by atoms with Gasteiger partial charge in [-0.2, -0.15) is 0 Å². The van der Waals surface area contributed by atoms with Crippen LogP contribution in [0.4, 0.5) is 10.1 Å². The fourth-order valence-corrected chi connectivity index (χ4v) is 2.37. The lowest BCUT2D eigenvalue weighted by Gasteiger charge is -2.20. The van der Waals surface area contributed by atoms with Gasteiger partial charge in [0.05, 0.1) is 11.5 Å². The molecule has 3 rings (SSSR count). The minimum Gasteiger partial charge on any atom is -0.482 e. The van der Waals surface area contributed by atoms with Crippen molar-refractivity contribution in [2.45, 2.75) is 13.2 Å². The molecule has 8 nitrogen and oxygen atoms in total. The normalized spacial score (nSPS) is 12.7. The van der Waals surface area contributed by atoms with Gasteiger partial charge in [0.25, 0.3) is 5.69 Å². The fourth-order valence-electron chi connectivity index (χ4n) is 2.37. The number of esters is 1. The Hall–Kier alpha value is -3.20. The number of benzene rings is 2. The summed E-state index contributed by atoms with van der Waals surface area (Å²) in [5, 5.41) is 11.0. The van der Waals surface area contributed by atoms with Gasteiger partial charge in [0.1, 0.15) is 23.9 Å². The van der Waals surface area contributed by atoms with Crippen molar-refractivity contribution in [3.63, 3.8) is 0 Å². The van der Waals surface area contributed by atoms with Crippen LogP contribution in [0.1, 0.15) is 11.1 Å². The van der Waals surface area contributed by atoms with Crippen molar-refractivity contribution >= 4 is 11.7 Å². The van der Waals surface area contributed by atoms with Gasteiger partial charge in [-0.15, -0.1) is 0 Å². The van der Waals surface area contributed by atoms with Crippen LogP contribution in [0, 0.1) is 15.9 Å². The van der Waals surface area contributed by atoms with E-state index < -0.39 is 16.7 Å². The van der Waals surface area contributed by atoms with Crippen LogP contribution >= 0.6 is 0 Å². The third kappa shape index (κ3) is 4.25. The second-order valence-electron chi connectivity index (χ2n) is 5.36. The van der Waals surface area contributed by atoms with Crippen LogP contribution in [0.25, 0.3) is 0 Å². The highest BCUT2D eigenvalue weighted by atomic mass is 19.1. The number of hydrogen-bond donors (Lipinski definition) is 0. The van der Waals surface area contributed by atoms with E-state index in [-0.39, 0.29) is 32.3 Å². The number of nitrogens with zero attached hydrogens (tertiary/aromatic N) is 1. The van der Waals surface area contributed by atoms with E-state index in [1.165, 1.54) is 36.4 Å². The summed E-state index contributed by atoms with van der Waals surface area (Å²) in [6.07, 6.45) is 0. The third-order valence-electron chi connectivity index (χ3n) is 3.54. The molecule has 1 heterocycles. The zero-order chi connectivity index (χ0) is 18.5. The van der Waals surface area contributed by atoms with Crippen LogP contribution in [0.15, 0.2) is 36.4 Å². The van der Waals surface area contributed by atoms with Crippen LogP contribution in [-0.2, 0) is 27.5 Å². The standard InChI is InChI=1S/C17H14FNO7/c18-13-1-3-15(4-2-13)24-9-16(20)25-8-12-6-14(19(21)22)5-11-7-23-10-26-17(11)12/h1-6H,7-10H2. The van der Waals surface area contributed by atoms with Crippen LogP contribution < -0.4 is 9.47 Å². The van der Waals surface area contributed by atoms with Crippen LogP contribution in [-0.4, -0.2) is 24.3 Å². The first kappa shape index (κ1) is 17.6. The van der Waals surface area contributed by atoms with E-state index >= 15 is 0 Å². The van der Waals surface area contributed by atoms with E-state index in [2.05, 4.69) is 0 Å². The maximum Gasteiger partial charge on any atom is 0.344 e. The molecule has 0 amide bonds. The molecule has 0 unspecified atom stereocenters. The molecule has 136 valence electrons. The van der Waals surface area contributed by atoms with Crippen LogP contribution in [0.2, 0.25) is 0 Å². The van der Waals surface area contributed by atoms with Gasteiger partial charge >= 0.3 is 5.97 Å². The first-order valence-electron chi connectivity index (χ1n) is 7.57. The van der Waals surface area contributed by atoms with E-state index in [0.717, 1.165) is 0 Å². The van der Waals surface area contributed by atoms with Crippen molar-refractivity contribution in [2.75, 3.05) is 13.4 Å². The molecule has 1 aliphatic heterocycles. The van der Waals surface area contributed by atoms with Gasteiger partial charge in [-0.05, 0) is 24.3 Å². The van der Waals surface area contributed by atoms with Gasteiger partial charge in [0.15, 0.2) is 13.4 Å². The van der Waals surface area contributed by atoms with Crippen LogP contribution in [0.5, 0.6) is 11.5 Å². The molecule has 9 heteroatoms. The number of hydrogen-bond acceptors (Lipinski definition) is 7. The maximum atomic E-state index is 12.8. The average Bonchev–Trinajstić information content (AvgIpc) is 2.65. The highest BCUT2D eigenvalue weighted by Gasteiger charge is 2.21. The van der Waals surface area contributed by atoms with Gasteiger partial charge in [-0.25, -0.2) is 9.18 Å². The lowest BCUT2D eigenvalue weighted by atomic mass is 10.1. The molecule has 0 spiro atoms. The van der Waals surface area contributed by atoms with E-state index in [1.54, 1.807) is 0 Å². The smallest absolute Gasteiger partial charge is 0.344 e. The highest BCUT2D eigenvalue weighted by Crippen LogP contribution is 2.33. The van der Waals surface area contributed by atoms with Gasteiger partial charge < -0.3 is 18.9 Å². The number of carbonyl (C=O) groups is 1. The molecule has 0 fully saturated rings. The van der Waals surface area contributed by atoms with E-state index in [4.69, 9.17) is 18.9 Å². The maximum absolute atomic E-state index is 12.8. The monoisotopic (exact) mass is 363 g/mol. The third-order valence-corrected chi connectivity index (χ3v) is 3.54. The molecule has 0 aliphatic carbocycles. The SMILES string of the molecule is O=C(COc1ccc(F)cc1)OCc1cc([N+](=O)[O-])cc2c1OCOC2. The van der Waals surface area contributed by atoms with Crippen molar-refractivity contribution in [2.24, 2.45) is 0 Å². The Morgan fingerprint density at radius 1 is 1.27 bits per heavy atom. The predicted octanol–water partition coefficient (Wildman–Crippen LogP) is 2.72. The number of non-ortho nitro benzene ring substituents is 1. The van der Waals surface area contributed by atoms with Crippen molar-refractivity contribution in [1.82, 2.24) is 0 Å². The number of rotatable bonds is 6. The summed E-state index contributed by atoms with van der Waals surface area (Å²) < 4.78 is 33.6. The Morgan fingerprint density at radius 3 is 2.77 bits per heavy atom. The number of halogens is 1. The summed E-state index contributed by atoms with van der Waals surface area (Å²) in [7, 11) is 0. The Labute approximate surface area is 147 Å². The molecule has 26 heavy (non-hydrogen) atoms. The summed E-state index contributed by atoms with van der Waals surface area (Å²) >= 11 is 0. The minimum atomic E-state index is -0.679. The Balaban J connectivity index is 1.63. The molecule has 0 radical (unpaired) electrons. The number of carbonyl (C=O) groups excluding carboxylic acids is 1. The predicted molar refractivity (Wildman–Crippen MR) is 85.1 cm³/mol. The van der Waals surface area contributed by atoms with E-state index in [1.807, 2.05) is 0 Å². The van der Waals surface area contributed by atoms with Gasteiger partial charge in [0, 0.05) is 23.3 Å². The molecule has 2 aromatic carbocycles. The minimum absolute atomic E-state index is 0.0133. The Kier molecular flexibility index (Phi) is 5.28. The van der Waals surface area contributed by atoms with Crippen molar-refractivity contribution in [3.8, 4) is 11.5 Å². The lowest BCUT2D eigenvalue weighted by molar-refractivity contribution is -0.385. The summed E-state index contributed by atoms with van der Waals surface area (Å²) in [6.45, 7) is -0.409. The Morgan fingerprint density at radius 2 is 2.04 bits per heavy atom. The molecule has 1 aliphatic rings. The number of fused-ring (bicyclic) bond motifs is 1. The molecule has 0 bridgehead atoms. The molecule has 0 saturated carbocycles. The molecule has 0 atom stereocenters. The van der Waals surface area contributed by atoms with Crippen molar-refractivity contribution in [1.29, 1.82) is 0 Å². The topological polar surface area (TPSA) is 97.1 Å². The number of nitro groups is 1. The molecule has 0 aromatic heterocycles. The lowest BCUT2D eigenvalue weighted by Crippen LogP contribution is -2.17. The molecule has 2 aromatic rings. The zero-order valence-electron chi connectivity index (χ0n) is 13.5. The number of nitro benzene ring substituents is 1. The summed E-state index contributed by atoms with van der Waals surface area (Å²) in [5.74, 6) is -0.369. The molecule has 0 N–H and O–H groups in total. The van der Waals surface area contributed by atoms with Crippen molar-refractivity contribution < 1.29 is 33.1 Å². The zero-order valence-corrected chi connectivity index (χ0v) is 13.5. The van der Waals surface area contributed by atoms with Gasteiger partial charge in [-0.3, -0.25) is 10.1 Å². The number of ether oxygens (including phenoxy) is 4. The Bertz CT molecular complexity index is 823. The summed E-state index contributed by atoms with van der Waals surface area (Å²) in [6, 6.07) is 7.82. The molecule has 0 saturated heterocycles. The average molecular weight is 363 g/mol. The van der Waals surface area contributed by atoms with E-state index in [9.17, 15) is 19.3 Å². The van der Waals surface area contributed by atoms with Crippen molar-refractivity contribution in [3.05, 3.63) is 63.5 Å².